The number of aliphatic imine (C=N–C) groups is 1. The van der Waals surface area contributed by atoms with Crippen LogP contribution in [0, 0.1) is 41.0 Å². The van der Waals surface area contributed by atoms with E-state index in [1.54, 1.807) is 31.9 Å². The summed E-state index contributed by atoms with van der Waals surface area (Å²) in [5.74, 6) is 0.307. The fraction of sp³-hybridized carbons (Fsp3) is 0.118. The lowest BCUT2D eigenvalue weighted by atomic mass is 10.1. The van der Waals surface area contributed by atoms with Crippen molar-refractivity contribution in [1.29, 1.82) is 0 Å². The van der Waals surface area contributed by atoms with E-state index < -0.39 is 9.85 Å². The molecule has 0 amide bonds. The minimum absolute atomic E-state index is 0.0549. The Hall–Kier alpha value is -7.46. The average Bonchev–Trinajstić information content (AvgIpc) is 4.09. The van der Waals surface area contributed by atoms with Crippen LogP contribution in [0.2, 0.25) is 0 Å². The summed E-state index contributed by atoms with van der Waals surface area (Å²) in [5, 5.41) is 45.5. The van der Waals surface area contributed by atoms with Crippen molar-refractivity contribution in [2.75, 3.05) is 6.54 Å². The first-order chi connectivity index (χ1) is 29.5. The lowest BCUT2D eigenvalue weighted by Gasteiger charge is -2.17. The average molecular weight is 1040 g/mol. The normalized spacial score (nSPS) is 13.7. The van der Waals surface area contributed by atoms with E-state index in [1.807, 2.05) is 0 Å². The molecule has 8 aromatic heterocycles. The monoisotopic (exact) mass is 1030 g/mol. The molecule has 5 N–H and O–H groups in total. The zero-order valence-corrected chi connectivity index (χ0v) is 36.2. The van der Waals surface area contributed by atoms with E-state index in [1.165, 1.54) is 44.5 Å². The van der Waals surface area contributed by atoms with Gasteiger partial charge in [0.05, 0.1) is 33.3 Å². The number of halogens is 3. The molecule has 25 nitrogen and oxygen atoms in total. The van der Waals surface area contributed by atoms with Crippen LogP contribution in [0.25, 0.3) is 56.3 Å². The van der Waals surface area contributed by atoms with Crippen LogP contribution in [0.5, 0.6) is 0 Å². The zero-order chi connectivity index (χ0) is 44.0. The second-order valence-electron chi connectivity index (χ2n) is 13.6. The standard InChI is InChI=1S/C18H14BrN9O4.C16H8Br2N8O4/c1-6-15-20-4-9(7(2)26(15)24-17(6)29)12-14(28(31)32)13(23-22-12)10-5-21-16-11(19)18(30)25-27(16)8(10)3;17-9-8(27)5-24-3-6(1-19-14(9)24)11-13(26(29)30)12(22-21-11)7-2-20-15-10(18)16(28)23-25(15)4-7/h4-5H,1-3H3,(H,22,23)(H,24,29)(H,25,30);1-4H,5H2,(H,21,22)(H,23,28). The topological polar surface area (TPSA) is 327 Å². The molecule has 0 aliphatic carbocycles. The summed E-state index contributed by atoms with van der Waals surface area (Å²) in [6.45, 7) is 5.13. The molecular formula is C34H22Br3N17O8. The molecule has 0 fully saturated rings. The first-order valence-electron chi connectivity index (χ1n) is 17.6. The van der Waals surface area contributed by atoms with Crippen LogP contribution < -0.4 is 16.7 Å². The fourth-order valence-corrected chi connectivity index (χ4v) is 8.14. The minimum atomic E-state index is -0.558. The van der Waals surface area contributed by atoms with Gasteiger partial charge in [0.2, 0.25) is 0 Å². The molecule has 0 unspecified atom stereocenters. The van der Waals surface area contributed by atoms with E-state index in [-0.39, 0.29) is 72.1 Å². The molecule has 0 bridgehead atoms. The van der Waals surface area contributed by atoms with Crippen molar-refractivity contribution in [1.82, 2.24) is 69.1 Å². The Balaban J connectivity index is 0.000000158. The molecule has 0 saturated heterocycles. The molecule has 10 heterocycles. The fourth-order valence-electron chi connectivity index (χ4n) is 6.93. The van der Waals surface area contributed by atoms with Crippen molar-refractivity contribution in [3.05, 3.63) is 124 Å². The van der Waals surface area contributed by atoms with Gasteiger partial charge in [-0.2, -0.15) is 10.2 Å². The smallest absolute Gasteiger partial charge is 0.322 e. The molecule has 0 radical (unpaired) electrons. The number of aryl methyl sites for hydroxylation is 3. The van der Waals surface area contributed by atoms with Gasteiger partial charge in [-0.3, -0.25) is 64.9 Å². The summed E-state index contributed by atoms with van der Waals surface area (Å²) in [6, 6.07) is 0. The number of nitro groups is 2. The lowest BCUT2D eigenvalue weighted by molar-refractivity contribution is -0.384. The van der Waals surface area contributed by atoms with Crippen molar-refractivity contribution < 1.29 is 14.6 Å². The molecule has 0 aromatic carbocycles. The second kappa shape index (κ2) is 14.6. The van der Waals surface area contributed by atoms with E-state index in [9.17, 15) is 39.4 Å². The number of allylic oxidation sites excluding steroid dienone is 1. The maximum Gasteiger partial charge on any atom is 0.322 e. The molecule has 2 aliphatic heterocycles. The van der Waals surface area contributed by atoms with Crippen molar-refractivity contribution in [3.8, 4) is 33.8 Å². The molecule has 0 atom stereocenters. The summed E-state index contributed by atoms with van der Waals surface area (Å²) >= 11 is 9.52. The zero-order valence-electron chi connectivity index (χ0n) is 31.4. The van der Waals surface area contributed by atoms with E-state index in [0.717, 1.165) is 0 Å². The van der Waals surface area contributed by atoms with Gasteiger partial charge in [-0.05, 0) is 68.6 Å². The van der Waals surface area contributed by atoms with Crippen molar-refractivity contribution >= 4 is 93.7 Å². The Bertz CT molecular complexity index is 3480. The van der Waals surface area contributed by atoms with Gasteiger partial charge in [0, 0.05) is 59.5 Å². The molecule has 62 heavy (non-hydrogen) atoms. The summed E-state index contributed by atoms with van der Waals surface area (Å²) in [6.07, 6.45) is 8.79. The third-order valence-electron chi connectivity index (χ3n) is 10.0. The Morgan fingerprint density at radius 2 is 1.29 bits per heavy atom. The number of hydrogen-bond donors (Lipinski definition) is 5. The van der Waals surface area contributed by atoms with Crippen LogP contribution in [0.3, 0.4) is 0 Å². The lowest BCUT2D eigenvalue weighted by Crippen LogP contribution is -2.18. The summed E-state index contributed by atoms with van der Waals surface area (Å²) in [5.41, 5.74) is 2.88. The Kier molecular flexibility index (Phi) is 9.43. The number of ketones is 1. The Morgan fingerprint density at radius 1 is 0.710 bits per heavy atom. The summed E-state index contributed by atoms with van der Waals surface area (Å²) < 4.78 is 5.16. The molecule has 312 valence electrons. The molecule has 8 aromatic rings. The molecular weight excluding hydrogens is 1010 g/mol. The number of aromatic nitrogens is 13. The largest absolute Gasteiger partial charge is 0.323 e. The highest BCUT2D eigenvalue weighted by Crippen LogP contribution is 2.40. The van der Waals surface area contributed by atoms with Gasteiger partial charge < -0.3 is 4.90 Å². The third-order valence-corrected chi connectivity index (χ3v) is 12.3. The number of nitrogens with one attached hydrogen (secondary N) is 5. The molecule has 0 spiro atoms. The number of H-pyrrole nitrogens is 5. The number of carbonyl (C=O) groups excluding carboxylic acids is 1. The van der Waals surface area contributed by atoms with E-state index in [2.05, 4.69) is 103 Å². The number of aromatic amines is 5. The molecule has 0 saturated carbocycles. The van der Waals surface area contributed by atoms with Crippen molar-refractivity contribution in [2.24, 2.45) is 4.99 Å². The van der Waals surface area contributed by atoms with Crippen LogP contribution in [0.15, 0.2) is 69.6 Å². The van der Waals surface area contributed by atoms with Crippen LogP contribution in [-0.4, -0.2) is 97.5 Å². The second-order valence-corrected chi connectivity index (χ2v) is 16.0. The highest BCUT2D eigenvalue weighted by molar-refractivity contribution is 9.12. The minimum Gasteiger partial charge on any atom is -0.323 e. The first-order valence-corrected chi connectivity index (χ1v) is 19.9. The van der Waals surface area contributed by atoms with Gasteiger partial charge >= 0.3 is 11.4 Å². The number of nitrogens with zero attached hydrogens (tertiary/aromatic N) is 12. The van der Waals surface area contributed by atoms with Gasteiger partial charge in [-0.25, -0.2) is 33.5 Å². The predicted octanol–water partition coefficient (Wildman–Crippen LogP) is 3.97. The molecule has 2 aliphatic rings. The van der Waals surface area contributed by atoms with E-state index in [0.29, 0.717) is 66.5 Å². The molecule has 10 rings (SSSR count). The third kappa shape index (κ3) is 6.16. The summed E-state index contributed by atoms with van der Waals surface area (Å²) in [4.78, 5) is 88.9. The Morgan fingerprint density at radius 3 is 2.03 bits per heavy atom. The predicted molar refractivity (Wildman–Crippen MR) is 229 cm³/mol. The number of Topliss-reactive ketones (excluding diaryl/α,β-unsaturated/α-hetero) is 1. The van der Waals surface area contributed by atoms with Gasteiger partial charge in [-0.1, -0.05) is 0 Å². The van der Waals surface area contributed by atoms with Gasteiger partial charge in [-0.15, -0.1) is 0 Å². The van der Waals surface area contributed by atoms with Gasteiger partial charge in [0.15, 0.2) is 39.9 Å². The van der Waals surface area contributed by atoms with Crippen LogP contribution in [-0.2, 0) is 4.79 Å². The Labute approximate surface area is 366 Å². The highest BCUT2D eigenvalue weighted by Gasteiger charge is 2.34. The van der Waals surface area contributed by atoms with Crippen LogP contribution >= 0.6 is 47.8 Å². The van der Waals surface area contributed by atoms with E-state index >= 15 is 0 Å². The maximum absolute atomic E-state index is 12.1. The highest BCUT2D eigenvalue weighted by atomic mass is 79.9. The van der Waals surface area contributed by atoms with Crippen LogP contribution in [0.1, 0.15) is 22.6 Å². The van der Waals surface area contributed by atoms with Gasteiger partial charge in [0.25, 0.3) is 16.7 Å². The number of fused-ring (bicyclic) bond motifs is 4. The number of hydrogen-bond acceptors (Lipinski definition) is 15. The van der Waals surface area contributed by atoms with Crippen molar-refractivity contribution in [2.45, 2.75) is 20.8 Å². The number of rotatable bonds is 6. The van der Waals surface area contributed by atoms with E-state index in [4.69, 9.17) is 0 Å². The SMILES string of the molecule is Cc1c(=O)[nH]n2c(C)c(-c3[nH]nc(-c4cnc5c(Br)c(=O)[nH]n5c4C)c3[N+](=O)[O-])cnc12.O=C1CN2C=C(c3n[nH]c(-c4cnc5c(Br)c(=O)[nH]n5c4)c3[N+](=O)[O-])C=NC2=C1Br. The summed E-state index contributed by atoms with van der Waals surface area (Å²) in [7, 11) is 0. The van der Waals surface area contributed by atoms with Crippen LogP contribution in [0.4, 0.5) is 11.4 Å². The molecule has 28 heteroatoms. The number of carbonyl (C=O) groups is 1. The van der Waals surface area contributed by atoms with Crippen molar-refractivity contribution in [3.63, 3.8) is 0 Å². The van der Waals surface area contributed by atoms with Gasteiger partial charge in [0.1, 0.15) is 24.8 Å². The maximum atomic E-state index is 12.1. The first kappa shape index (κ1) is 40.0. The quantitative estimate of drug-likeness (QED) is 0.116.